The Bertz CT molecular complexity index is 1300. The highest BCUT2D eigenvalue weighted by Crippen LogP contribution is 2.20. The number of nitrogens with zero attached hydrogens (tertiary/aromatic N) is 2. The maximum atomic E-state index is 14.3. The van der Waals surface area contributed by atoms with Crippen molar-refractivity contribution in [2.45, 2.75) is 6.10 Å². The van der Waals surface area contributed by atoms with Crippen LogP contribution >= 0.6 is 0 Å². The lowest BCUT2D eigenvalue weighted by Crippen LogP contribution is -2.28. The first kappa shape index (κ1) is 21.0. The Morgan fingerprint density at radius 3 is 2.72 bits per heavy atom. The van der Waals surface area contributed by atoms with E-state index in [2.05, 4.69) is 15.6 Å². The van der Waals surface area contributed by atoms with Gasteiger partial charge in [0.2, 0.25) is 0 Å². The number of pyridine rings is 1. The minimum atomic E-state index is -1.04. The van der Waals surface area contributed by atoms with Crippen molar-refractivity contribution in [2.75, 3.05) is 11.9 Å². The number of aliphatic hydroxyl groups excluding tert-OH is 1. The summed E-state index contributed by atoms with van der Waals surface area (Å²) >= 11 is 0. The first-order valence-corrected chi connectivity index (χ1v) is 9.70. The molecule has 0 spiro atoms. The fraction of sp³-hybridized carbons (Fsp3) is 0.0870. The average Bonchev–Trinajstić information content (AvgIpc) is 3.23. The molecule has 2 aromatic carbocycles. The summed E-state index contributed by atoms with van der Waals surface area (Å²) in [5.74, 6) is -1.85. The SMILES string of the molecule is O=C(NC[C@H](O)c1cccc(O)c1)c1ccc(F)c(NC(=O)c2cnc3ccccn23)c1. The van der Waals surface area contributed by atoms with E-state index in [0.29, 0.717) is 11.2 Å². The van der Waals surface area contributed by atoms with Crippen molar-refractivity contribution in [3.8, 4) is 5.75 Å². The number of carbonyl (C=O) groups is 2. The van der Waals surface area contributed by atoms with Crippen LogP contribution in [-0.4, -0.2) is 38.0 Å². The van der Waals surface area contributed by atoms with Crippen LogP contribution in [0.15, 0.2) is 73.1 Å². The molecule has 1 atom stereocenters. The predicted octanol–water partition coefficient (Wildman–Crippen LogP) is 2.89. The molecule has 0 bridgehead atoms. The van der Waals surface area contributed by atoms with Gasteiger partial charge >= 0.3 is 0 Å². The van der Waals surface area contributed by atoms with Gasteiger partial charge in [0.25, 0.3) is 11.8 Å². The molecule has 0 aliphatic heterocycles. The molecule has 4 aromatic rings. The molecule has 0 saturated carbocycles. The number of fused-ring (bicyclic) bond motifs is 1. The van der Waals surface area contributed by atoms with E-state index >= 15 is 0 Å². The van der Waals surface area contributed by atoms with Gasteiger partial charge in [0.15, 0.2) is 0 Å². The zero-order chi connectivity index (χ0) is 22.7. The fourth-order valence-corrected chi connectivity index (χ4v) is 3.19. The van der Waals surface area contributed by atoms with Crippen LogP contribution in [0.5, 0.6) is 5.75 Å². The summed E-state index contributed by atoms with van der Waals surface area (Å²) in [6.07, 6.45) is 2.00. The molecule has 0 aliphatic rings. The Labute approximate surface area is 182 Å². The molecular weight excluding hydrogens is 415 g/mol. The third kappa shape index (κ3) is 4.42. The molecule has 4 N–H and O–H groups in total. The Hall–Kier alpha value is -4.24. The van der Waals surface area contributed by atoms with Crippen LogP contribution in [0.1, 0.15) is 32.5 Å². The third-order valence-electron chi connectivity index (χ3n) is 4.84. The zero-order valence-corrected chi connectivity index (χ0v) is 16.7. The van der Waals surface area contributed by atoms with Crippen LogP contribution < -0.4 is 10.6 Å². The molecule has 0 unspecified atom stereocenters. The summed E-state index contributed by atoms with van der Waals surface area (Å²) in [4.78, 5) is 29.2. The lowest BCUT2D eigenvalue weighted by Gasteiger charge is -2.13. The fourth-order valence-electron chi connectivity index (χ4n) is 3.19. The van der Waals surface area contributed by atoms with Crippen LogP contribution in [0.25, 0.3) is 5.65 Å². The molecule has 8 nitrogen and oxygen atoms in total. The van der Waals surface area contributed by atoms with Gasteiger partial charge in [-0.25, -0.2) is 9.37 Å². The topological polar surface area (TPSA) is 116 Å². The number of amides is 2. The first-order valence-electron chi connectivity index (χ1n) is 9.70. The van der Waals surface area contributed by atoms with Gasteiger partial charge in [0.05, 0.1) is 18.0 Å². The molecule has 162 valence electrons. The molecule has 0 saturated heterocycles. The lowest BCUT2D eigenvalue weighted by molar-refractivity contribution is 0.0915. The van der Waals surface area contributed by atoms with E-state index in [-0.39, 0.29) is 29.2 Å². The highest BCUT2D eigenvalue weighted by Gasteiger charge is 2.17. The number of rotatable bonds is 6. The minimum Gasteiger partial charge on any atom is -0.508 e. The van der Waals surface area contributed by atoms with Crippen LogP contribution in [0.2, 0.25) is 0 Å². The smallest absolute Gasteiger partial charge is 0.274 e. The van der Waals surface area contributed by atoms with Crippen molar-refractivity contribution in [2.24, 2.45) is 0 Å². The second kappa shape index (κ2) is 8.86. The summed E-state index contributed by atoms with van der Waals surface area (Å²) in [5.41, 5.74) is 1.15. The van der Waals surface area contributed by atoms with E-state index < -0.39 is 23.7 Å². The number of imidazole rings is 1. The van der Waals surface area contributed by atoms with Crippen molar-refractivity contribution in [1.82, 2.24) is 14.7 Å². The average molecular weight is 434 g/mol. The van der Waals surface area contributed by atoms with Gasteiger partial charge in [-0.05, 0) is 48.0 Å². The number of carbonyl (C=O) groups excluding carboxylic acids is 2. The predicted molar refractivity (Wildman–Crippen MR) is 115 cm³/mol. The Kier molecular flexibility index (Phi) is 5.82. The molecule has 2 heterocycles. The number of hydrogen-bond donors (Lipinski definition) is 4. The quantitative estimate of drug-likeness (QED) is 0.372. The second-order valence-electron chi connectivity index (χ2n) is 7.04. The maximum Gasteiger partial charge on any atom is 0.274 e. The summed E-state index contributed by atoms with van der Waals surface area (Å²) < 4.78 is 15.9. The maximum absolute atomic E-state index is 14.3. The molecule has 9 heteroatoms. The Morgan fingerprint density at radius 2 is 1.91 bits per heavy atom. The number of nitrogens with one attached hydrogen (secondary N) is 2. The van der Waals surface area contributed by atoms with E-state index in [1.54, 1.807) is 40.9 Å². The number of anilines is 1. The second-order valence-corrected chi connectivity index (χ2v) is 7.04. The van der Waals surface area contributed by atoms with Crippen molar-refractivity contribution >= 4 is 23.1 Å². The highest BCUT2D eigenvalue weighted by molar-refractivity contribution is 6.04. The lowest BCUT2D eigenvalue weighted by atomic mass is 10.1. The van der Waals surface area contributed by atoms with Crippen molar-refractivity contribution in [3.05, 3.63) is 95.7 Å². The molecular formula is C23H19FN4O4. The van der Waals surface area contributed by atoms with Gasteiger partial charge < -0.3 is 20.8 Å². The third-order valence-corrected chi connectivity index (χ3v) is 4.84. The number of halogens is 1. The van der Waals surface area contributed by atoms with Crippen molar-refractivity contribution in [3.63, 3.8) is 0 Å². The minimum absolute atomic E-state index is 0.00208. The summed E-state index contributed by atoms with van der Waals surface area (Å²) in [7, 11) is 0. The molecule has 0 aliphatic carbocycles. The van der Waals surface area contributed by atoms with Gasteiger partial charge in [-0.15, -0.1) is 0 Å². The van der Waals surface area contributed by atoms with Crippen LogP contribution in [-0.2, 0) is 0 Å². The number of aromatic nitrogens is 2. The van der Waals surface area contributed by atoms with Crippen LogP contribution in [0, 0.1) is 5.82 Å². The summed E-state index contributed by atoms with van der Waals surface area (Å²) in [5, 5.41) is 24.7. The number of phenols is 1. The summed E-state index contributed by atoms with van der Waals surface area (Å²) in [6.45, 7) is -0.122. The number of aliphatic hydroxyl groups is 1. The van der Waals surface area contributed by atoms with E-state index in [1.807, 2.05) is 0 Å². The van der Waals surface area contributed by atoms with Crippen LogP contribution in [0.4, 0.5) is 10.1 Å². The largest absolute Gasteiger partial charge is 0.508 e. The van der Waals surface area contributed by atoms with Gasteiger partial charge in [-0.3, -0.25) is 14.0 Å². The Morgan fingerprint density at radius 1 is 1.06 bits per heavy atom. The number of phenolic OH excluding ortho intramolecular Hbond substituents is 1. The highest BCUT2D eigenvalue weighted by atomic mass is 19.1. The van der Waals surface area contributed by atoms with E-state index in [9.17, 15) is 24.2 Å². The van der Waals surface area contributed by atoms with Gasteiger partial charge in [0.1, 0.15) is 22.9 Å². The standard InChI is InChI=1S/C23H19FN4O4/c24-17-8-7-15(22(31)26-13-20(30)14-4-3-5-16(29)10-14)11-18(17)27-23(32)19-12-25-21-6-1-2-9-28(19)21/h1-12,20,29-30H,13H2,(H,26,31)(H,27,32)/t20-/m0/s1. The molecule has 0 radical (unpaired) electrons. The number of aromatic hydroxyl groups is 1. The van der Waals surface area contributed by atoms with Gasteiger partial charge in [-0.2, -0.15) is 0 Å². The molecule has 4 rings (SSSR count). The molecule has 2 aromatic heterocycles. The van der Waals surface area contributed by atoms with Gasteiger partial charge in [-0.1, -0.05) is 18.2 Å². The van der Waals surface area contributed by atoms with E-state index in [4.69, 9.17) is 0 Å². The Balaban J connectivity index is 1.46. The number of benzene rings is 2. The van der Waals surface area contributed by atoms with Crippen LogP contribution in [0.3, 0.4) is 0 Å². The van der Waals surface area contributed by atoms with Gasteiger partial charge in [0, 0.05) is 18.3 Å². The van der Waals surface area contributed by atoms with E-state index in [1.165, 1.54) is 30.5 Å². The number of hydrogen-bond acceptors (Lipinski definition) is 5. The van der Waals surface area contributed by atoms with Crippen molar-refractivity contribution < 1.29 is 24.2 Å². The zero-order valence-electron chi connectivity index (χ0n) is 16.7. The molecule has 2 amide bonds. The monoisotopic (exact) mass is 434 g/mol. The normalized spacial score (nSPS) is 11.8. The van der Waals surface area contributed by atoms with E-state index in [0.717, 1.165) is 6.07 Å². The van der Waals surface area contributed by atoms with Crippen molar-refractivity contribution in [1.29, 1.82) is 0 Å². The first-order chi connectivity index (χ1) is 15.4. The molecule has 32 heavy (non-hydrogen) atoms. The summed E-state index contributed by atoms with van der Waals surface area (Å²) in [6, 6.07) is 14.9. The molecule has 0 fully saturated rings.